The zero-order valence-corrected chi connectivity index (χ0v) is 14.1. The van der Waals surface area contributed by atoms with E-state index in [4.69, 9.17) is 4.98 Å². The Kier molecular flexibility index (Phi) is 4.27. The third kappa shape index (κ3) is 3.39. The molecule has 1 aliphatic rings. The summed E-state index contributed by atoms with van der Waals surface area (Å²) < 4.78 is 0. The molecular weight excluding hydrogens is 328 g/mol. The minimum Gasteiger partial charge on any atom is -0.315 e. The summed E-state index contributed by atoms with van der Waals surface area (Å²) in [5.74, 6) is 0.749. The summed E-state index contributed by atoms with van der Waals surface area (Å²) in [7, 11) is 0. The third-order valence-corrected chi connectivity index (χ3v) is 5.30. The lowest BCUT2D eigenvalue weighted by Crippen LogP contribution is -2.23. The lowest BCUT2D eigenvalue weighted by molar-refractivity contribution is 0.244. The molecular formula is C15H16N6S2. The van der Waals surface area contributed by atoms with Crippen molar-refractivity contribution in [2.75, 3.05) is 11.9 Å². The molecule has 0 saturated carbocycles. The van der Waals surface area contributed by atoms with Gasteiger partial charge in [-0.3, -0.25) is 9.88 Å². The van der Waals surface area contributed by atoms with Crippen LogP contribution < -0.4 is 5.32 Å². The molecule has 0 aliphatic carbocycles. The zero-order chi connectivity index (χ0) is 15.5. The molecule has 4 heterocycles. The van der Waals surface area contributed by atoms with E-state index in [1.165, 1.54) is 6.42 Å². The molecule has 3 aromatic rings. The maximum Gasteiger partial charge on any atom is 0.188 e. The molecule has 23 heavy (non-hydrogen) atoms. The molecule has 1 fully saturated rings. The summed E-state index contributed by atoms with van der Waals surface area (Å²) in [5.41, 5.74) is 1.01. The molecule has 0 amide bonds. The minimum atomic E-state index is 0.310. The molecule has 1 aliphatic heterocycles. The SMILES string of the molecule is c1csc(CN2CCCC2c2cncc(Nc3nccs3)n2)n1. The van der Waals surface area contributed by atoms with E-state index in [2.05, 4.69) is 25.2 Å². The number of nitrogens with zero attached hydrogens (tertiary/aromatic N) is 5. The molecule has 1 N–H and O–H groups in total. The van der Waals surface area contributed by atoms with Crippen molar-refractivity contribution >= 4 is 33.6 Å². The lowest BCUT2D eigenvalue weighted by atomic mass is 10.1. The van der Waals surface area contributed by atoms with E-state index in [1.54, 1.807) is 35.1 Å². The van der Waals surface area contributed by atoms with E-state index in [0.717, 1.165) is 41.2 Å². The highest BCUT2D eigenvalue weighted by molar-refractivity contribution is 7.13. The van der Waals surface area contributed by atoms with E-state index in [1.807, 2.05) is 23.2 Å². The van der Waals surface area contributed by atoms with Crippen LogP contribution >= 0.6 is 22.7 Å². The Balaban J connectivity index is 1.52. The average molecular weight is 344 g/mol. The van der Waals surface area contributed by atoms with Gasteiger partial charge >= 0.3 is 0 Å². The second-order valence-electron chi connectivity index (χ2n) is 5.35. The molecule has 6 nitrogen and oxygen atoms in total. The fourth-order valence-electron chi connectivity index (χ4n) is 2.85. The van der Waals surface area contributed by atoms with Crippen molar-refractivity contribution in [2.45, 2.75) is 25.4 Å². The summed E-state index contributed by atoms with van der Waals surface area (Å²) in [6.45, 7) is 1.96. The molecule has 0 radical (unpaired) electrons. The van der Waals surface area contributed by atoms with Crippen LogP contribution in [0.15, 0.2) is 35.5 Å². The highest BCUT2D eigenvalue weighted by atomic mass is 32.1. The van der Waals surface area contributed by atoms with Gasteiger partial charge in [0.15, 0.2) is 10.9 Å². The van der Waals surface area contributed by atoms with Crippen molar-refractivity contribution in [1.29, 1.82) is 0 Å². The summed E-state index contributed by atoms with van der Waals surface area (Å²) in [6.07, 6.45) is 9.55. The maximum atomic E-state index is 4.74. The number of nitrogens with one attached hydrogen (secondary N) is 1. The highest BCUT2D eigenvalue weighted by Gasteiger charge is 2.28. The number of aromatic nitrogens is 4. The van der Waals surface area contributed by atoms with Gasteiger partial charge in [-0.25, -0.2) is 15.0 Å². The van der Waals surface area contributed by atoms with Gasteiger partial charge in [0.05, 0.1) is 30.7 Å². The van der Waals surface area contributed by atoms with Crippen molar-refractivity contribution < 1.29 is 0 Å². The van der Waals surface area contributed by atoms with Crippen LogP contribution in [0.4, 0.5) is 10.9 Å². The summed E-state index contributed by atoms with van der Waals surface area (Å²) in [5, 5.41) is 9.17. The Morgan fingerprint density at radius 3 is 2.91 bits per heavy atom. The van der Waals surface area contributed by atoms with Crippen molar-refractivity contribution in [3.63, 3.8) is 0 Å². The van der Waals surface area contributed by atoms with Crippen LogP contribution in [0, 0.1) is 0 Å². The zero-order valence-electron chi connectivity index (χ0n) is 12.4. The Morgan fingerprint density at radius 2 is 2.09 bits per heavy atom. The molecule has 4 rings (SSSR count). The van der Waals surface area contributed by atoms with Gasteiger partial charge in [-0.15, -0.1) is 22.7 Å². The van der Waals surface area contributed by atoms with Crippen molar-refractivity contribution in [3.05, 3.63) is 46.2 Å². The first kappa shape index (κ1) is 14.7. The van der Waals surface area contributed by atoms with Gasteiger partial charge in [0, 0.05) is 23.2 Å². The quantitative estimate of drug-likeness (QED) is 0.764. The highest BCUT2D eigenvalue weighted by Crippen LogP contribution is 2.32. The second kappa shape index (κ2) is 6.69. The van der Waals surface area contributed by atoms with Crippen molar-refractivity contribution in [3.8, 4) is 0 Å². The van der Waals surface area contributed by atoms with Crippen LogP contribution in [0.5, 0.6) is 0 Å². The van der Waals surface area contributed by atoms with Crippen LogP contribution in [-0.2, 0) is 6.54 Å². The Bertz CT molecular complexity index is 743. The van der Waals surface area contributed by atoms with Gasteiger partial charge in [0.2, 0.25) is 0 Å². The fourth-order valence-corrected chi connectivity index (χ4v) is 4.03. The molecule has 0 spiro atoms. The van der Waals surface area contributed by atoms with E-state index >= 15 is 0 Å². The monoisotopic (exact) mass is 344 g/mol. The second-order valence-corrected chi connectivity index (χ2v) is 7.22. The van der Waals surface area contributed by atoms with Crippen LogP contribution in [-0.4, -0.2) is 31.4 Å². The first-order chi connectivity index (χ1) is 11.4. The molecule has 1 unspecified atom stereocenters. The van der Waals surface area contributed by atoms with Gasteiger partial charge in [-0.1, -0.05) is 0 Å². The molecule has 0 bridgehead atoms. The normalized spacial score (nSPS) is 18.3. The molecule has 3 aromatic heterocycles. The van der Waals surface area contributed by atoms with Gasteiger partial charge in [0.1, 0.15) is 5.01 Å². The number of likely N-dealkylation sites (tertiary alicyclic amines) is 1. The van der Waals surface area contributed by atoms with Crippen LogP contribution in [0.3, 0.4) is 0 Å². The largest absolute Gasteiger partial charge is 0.315 e. The predicted molar refractivity (Wildman–Crippen MR) is 91.9 cm³/mol. The first-order valence-corrected chi connectivity index (χ1v) is 9.25. The third-order valence-electron chi connectivity index (χ3n) is 3.85. The molecule has 8 heteroatoms. The number of thiazole rings is 2. The van der Waals surface area contributed by atoms with Gasteiger partial charge in [0.25, 0.3) is 0 Å². The Morgan fingerprint density at radius 1 is 1.17 bits per heavy atom. The summed E-state index contributed by atoms with van der Waals surface area (Å²) >= 11 is 3.26. The van der Waals surface area contributed by atoms with Gasteiger partial charge in [-0.05, 0) is 19.4 Å². The van der Waals surface area contributed by atoms with Crippen LogP contribution in [0.1, 0.15) is 29.6 Å². The van der Waals surface area contributed by atoms with Gasteiger partial charge < -0.3 is 5.32 Å². The molecule has 118 valence electrons. The fraction of sp³-hybridized carbons (Fsp3) is 0.333. The summed E-state index contributed by atoms with van der Waals surface area (Å²) in [6, 6.07) is 0.310. The number of hydrogen-bond donors (Lipinski definition) is 1. The Hall–Kier alpha value is -1.90. The smallest absolute Gasteiger partial charge is 0.188 e. The van der Waals surface area contributed by atoms with Gasteiger partial charge in [-0.2, -0.15) is 0 Å². The summed E-state index contributed by atoms with van der Waals surface area (Å²) in [4.78, 5) is 20.2. The molecule has 1 atom stereocenters. The van der Waals surface area contributed by atoms with E-state index < -0.39 is 0 Å². The standard InChI is InChI=1S/C15H16N6S2/c1-2-12(21(5-1)10-14-17-3-6-22-14)11-8-16-9-13(19-11)20-15-18-4-7-23-15/h3-4,6-9,12H,1-2,5,10H2,(H,18,19,20). The Labute approximate surface area is 142 Å². The van der Waals surface area contributed by atoms with E-state index in [-0.39, 0.29) is 0 Å². The van der Waals surface area contributed by atoms with Crippen molar-refractivity contribution in [2.24, 2.45) is 0 Å². The van der Waals surface area contributed by atoms with E-state index in [9.17, 15) is 0 Å². The molecule has 0 aromatic carbocycles. The minimum absolute atomic E-state index is 0.310. The van der Waals surface area contributed by atoms with Crippen LogP contribution in [0.25, 0.3) is 0 Å². The topological polar surface area (TPSA) is 66.8 Å². The van der Waals surface area contributed by atoms with Crippen LogP contribution in [0.2, 0.25) is 0 Å². The number of rotatable bonds is 5. The average Bonchev–Trinajstić information content (AvgIpc) is 3.30. The maximum absolute atomic E-state index is 4.74. The van der Waals surface area contributed by atoms with Crippen molar-refractivity contribution in [1.82, 2.24) is 24.8 Å². The first-order valence-electron chi connectivity index (χ1n) is 7.49. The predicted octanol–water partition coefficient (Wildman–Crippen LogP) is 3.47. The van der Waals surface area contributed by atoms with E-state index in [0.29, 0.717) is 6.04 Å². The molecule has 1 saturated heterocycles. The number of hydrogen-bond acceptors (Lipinski definition) is 8. The number of anilines is 2. The lowest BCUT2D eigenvalue weighted by Gasteiger charge is -2.22.